The van der Waals surface area contributed by atoms with Gasteiger partial charge in [0, 0.05) is 17.1 Å². The molecule has 1 unspecified atom stereocenters. The number of imide groups is 1. The summed E-state index contributed by atoms with van der Waals surface area (Å²) in [7, 11) is 0. The van der Waals surface area contributed by atoms with Crippen LogP contribution in [0.2, 0.25) is 0 Å². The molecular formula is C13H19N3O2S. The Kier molecular flexibility index (Phi) is 6.21. The van der Waals surface area contributed by atoms with Crippen LogP contribution in [0.1, 0.15) is 13.8 Å². The van der Waals surface area contributed by atoms with Crippen molar-refractivity contribution < 1.29 is 9.59 Å². The fraction of sp³-hybridized carbons (Fsp3) is 0.385. The van der Waals surface area contributed by atoms with E-state index in [4.69, 9.17) is 0 Å². The van der Waals surface area contributed by atoms with Crippen molar-refractivity contribution >= 4 is 29.4 Å². The normalized spacial score (nSPS) is 11.5. The number of urea groups is 1. The smallest absolute Gasteiger partial charge is 0.321 e. The van der Waals surface area contributed by atoms with Crippen molar-refractivity contribution in [2.24, 2.45) is 0 Å². The molecule has 5 nitrogen and oxygen atoms in total. The number of nitrogens with one attached hydrogen (secondary N) is 3. The van der Waals surface area contributed by atoms with Gasteiger partial charge in [-0.2, -0.15) is 0 Å². The average molecular weight is 281 g/mol. The van der Waals surface area contributed by atoms with E-state index in [1.54, 1.807) is 25.6 Å². The Morgan fingerprint density at radius 1 is 1.26 bits per heavy atom. The number of benzene rings is 1. The zero-order valence-electron chi connectivity index (χ0n) is 11.3. The number of hydrogen-bond acceptors (Lipinski definition) is 4. The molecule has 0 fully saturated rings. The zero-order valence-corrected chi connectivity index (χ0v) is 12.1. The summed E-state index contributed by atoms with van der Waals surface area (Å²) in [6.45, 7) is 3.98. The van der Waals surface area contributed by atoms with Gasteiger partial charge < -0.3 is 10.6 Å². The minimum absolute atomic E-state index is 0.361. The van der Waals surface area contributed by atoms with E-state index < -0.39 is 12.1 Å². The van der Waals surface area contributed by atoms with Gasteiger partial charge in [-0.1, -0.05) is 0 Å². The van der Waals surface area contributed by atoms with Gasteiger partial charge in [0.1, 0.15) is 6.04 Å². The van der Waals surface area contributed by atoms with E-state index in [-0.39, 0.29) is 5.91 Å². The van der Waals surface area contributed by atoms with E-state index in [1.807, 2.05) is 30.5 Å². The van der Waals surface area contributed by atoms with Crippen LogP contribution in [0, 0.1) is 0 Å². The number of carbonyl (C=O) groups is 2. The van der Waals surface area contributed by atoms with Crippen LogP contribution in [0.5, 0.6) is 0 Å². The topological polar surface area (TPSA) is 70.2 Å². The number of anilines is 1. The third kappa shape index (κ3) is 5.21. The third-order valence-corrected chi connectivity index (χ3v) is 3.18. The summed E-state index contributed by atoms with van der Waals surface area (Å²) in [6, 6.07) is 6.80. The molecule has 0 aliphatic rings. The maximum absolute atomic E-state index is 11.7. The summed E-state index contributed by atoms with van der Waals surface area (Å²) in [5.41, 5.74) is 0.844. The van der Waals surface area contributed by atoms with Gasteiger partial charge in [-0.05, 0) is 44.4 Å². The first-order chi connectivity index (χ1) is 9.06. The first-order valence-corrected chi connectivity index (χ1v) is 7.28. The molecule has 0 saturated carbocycles. The van der Waals surface area contributed by atoms with Crippen LogP contribution in [-0.2, 0) is 4.79 Å². The highest BCUT2D eigenvalue weighted by atomic mass is 32.2. The van der Waals surface area contributed by atoms with E-state index in [2.05, 4.69) is 16.0 Å². The van der Waals surface area contributed by atoms with Gasteiger partial charge in [-0.3, -0.25) is 10.1 Å². The van der Waals surface area contributed by atoms with E-state index in [0.29, 0.717) is 6.54 Å². The van der Waals surface area contributed by atoms with Gasteiger partial charge in [-0.25, -0.2) is 4.79 Å². The Bertz CT molecular complexity index is 434. The van der Waals surface area contributed by atoms with Crippen molar-refractivity contribution in [3.8, 4) is 0 Å². The fourth-order valence-electron chi connectivity index (χ4n) is 1.43. The van der Waals surface area contributed by atoms with Crippen LogP contribution in [0.15, 0.2) is 29.2 Å². The summed E-state index contributed by atoms with van der Waals surface area (Å²) in [4.78, 5) is 24.1. The van der Waals surface area contributed by atoms with Gasteiger partial charge in [-0.15, -0.1) is 11.8 Å². The largest absolute Gasteiger partial charge is 0.374 e. The highest BCUT2D eigenvalue weighted by Gasteiger charge is 2.14. The highest BCUT2D eigenvalue weighted by Crippen LogP contribution is 2.17. The van der Waals surface area contributed by atoms with Crippen molar-refractivity contribution in [3.63, 3.8) is 0 Å². The number of carbonyl (C=O) groups excluding carboxylic acids is 2. The number of thioether (sulfide) groups is 1. The van der Waals surface area contributed by atoms with Crippen LogP contribution < -0.4 is 16.0 Å². The van der Waals surface area contributed by atoms with Crippen molar-refractivity contribution in [2.45, 2.75) is 24.8 Å². The van der Waals surface area contributed by atoms with Crippen LogP contribution >= 0.6 is 11.8 Å². The second-order valence-electron chi connectivity index (χ2n) is 3.94. The molecular weight excluding hydrogens is 262 g/mol. The summed E-state index contributed by atoms with van der Waals surface area (Å²) in [5, 5.41) is 7.82. The van der Waals surface area contributed by atoms with Crippen LogP contribution in [0.3, 0.4) is 0 Å². The molecule has 3 N–H and O–H groups in total. The number of hydrogen-bond donors (Lipinski definition) is 3. The summed E-state index contributed by atoms with van der Waals surface area (Å²) in [5.74, 6) is -0.361. The molecule has 0 spiro atoms. The minimum atomic E-state index is -0.484. The van der Waals surface area contributed by atoms with Crippen LogP contribution in [0.4, 0.5) is 10.5 Å². The SMILES string of the molecule is CCNC(=O)NC(=O)C(C)Nc1ccc(SC)cc1. The second-order valence-corrected chi connectivity index (χ2v) is 4.82. The summed E-state index contributed by atoms with van der Waals surface area (Å²) < 4.78 is 0. The third-order valence-electron chi connectivity index (χ3n) is 2.44. The molecule has 1 rings (SSSR count). The Morgan fingerprint density at radius 3 is 2.42 bits per heavy atom. The molecule has 0 heterocycles. The van der Waals surface area contributed by atoms with Gasteiger partial charge in [0.15, 0.2) is 0 Å². The molecule has 104 valence electrons. The fourth-order valence-corrected chi connectivity index (χ4v) is 1.84. The lowest BCUT2D eigenvalue weighted by atomic mass is 10.2. The van der Waals surface area contributed by atoms with Crippen LogP contribution in [-0.4, -0.2) is 30.8 Å². The van der Waals surface area contributed by atoms with Crippen molar-refractivity contribution in [1.29, 1.82) is 0 Å². The molecule has 1 atom stereocenters. The average Bonchev–Trinajstić information content (AvgIpc) is 2.39. The van der Waals surface area contributed by atoms with E-state index in [9.17, 15) is 9.59 Å². The minimum Gasteiger partial charge on any atom is -0.374 e. The first kappa shape index (κ1) is 15.4. The molecule has 0 aromatic heterocycles. The lowest BCUT2D eigenvalue weighted by Gasteiger charge is -2.15. The molecule has 0 radical (unpaired) electrons. The lowest BCUT2D eigenvalue weighted by molar-refractivity contribution is -0.120. The maximum atomic E-state index is 11.7. The first-order valence-electron chi connectivity index (χ1n) is 6.06. The Hall–Kier alpha value is -1.69. The Labute approximate surface area is 117 Å². The van der Waals surface area contributed by atoms with Gasteiger partial charge in [0.25, 0.3) is 0 Å². The molecule has 1 aromatic rings. The molecule has 3 amide bonds. The predicted octanol–water partition coefficient (Wildman–Crippen LogP) is 2.05. The summed E-state index contributed by atoms with van der Waals surface area (Å²) >= 11 is 1.66. The lowest BCUT2D eigenvalue weighted by Crippen LogP contribution is -2.45. The molecule has 0 aliphatic carbocycles. The molecule has 1 aromatic carbocycles. The number of rotatable bonds is 5. The maximum Gasteiger partial charge on any atom is 0.321 e. The standard InChI is InChI=1S/C13H19N3O2S/c1-4-14-13(18)16-12(17)9(2)15-10-5-7-11(19-3)8-6-10/h5-9,15H,4H2,1-3H3,(H2,14,16,17,18). The van der Waals surface area contributed by atoms with E-state index in [0.717, 1.165) is 10.6 Å². The molecule has 0 aliphatic heterocycles. The van der Waals surface area contributed by atoms with Crippen LogP contribution in [0.25, 0.3) is 0 Å². The number of amides is 3. The van der Waals surface area contributed by atoms with E-state index in [1.165, 1.54) is 0 Å². The van der Waals surface area contributed by atoms with Crippen molar-refractivity contribution in [1.82, 2.24) is 10.6 Å². The van der Waals surface area contributed by atoms with Gasteiger partial charge in [0.2, 0.25) is 5.91 Å². The zero-order chi connectivity index (χ0) is 14.3. The van der Waals surface area contributed by atoms with Crippen molar-refractivity contribution in [2.75, 3.05) is 18.1 Å². The van der Waals surface area contributed by atoms with Gasteiger partial charge >= 0.3 is 6.03 Å². The molecule has 6 heteroatoms. The Morgan fingerprint density at radius 2 is 1.89 bits per heavy atom. The van der Waals surface area contributed by atoms with Crippen molar-refractivity contribution in [3.05, 3.63) is 24.3 Å². The molecule has 0 saturated heterocycles. The molecule has 0 bridgehead atoms. The Balaban J connectivity index is 2.50. The highest BCUT2D eigenvalue weighted by molar-refractivity contribution is 7.98. The summed E-state index contributed by atoms with van der Waals surface area (Å²) in [6.07, 6.45) is 2.00. The monoisotopic (exact) mass is 281 g/mol. The predicted molar refractivity (Wildman–Crippen MR) is 78.5 cm³/mol. The van der Waals surface area contributed by atoms with E-state index >= 15 is 0 Å². The second kappa shape index (κ2) is 7.68. The molecule has 19 heavy (non-hydrogen) atoms. The van der Waals surface area contributed by atoms with Gasteiger partial charge in [0.05, 0.1) is 0 Å². The quantitative estimate of drug-likeness (QED) is 0.723.